The van der Waals surface area contributed by atoms with Crippen molar-refractivity contribution >= 4 is 11.8 Å². The van der Waals surface area contributed by atoms with Crippen molar-refractivity contribution in [1.82, 2.24) is 0 Å². The maximum Gasteiger partial charge on any atom is 0.243 e. The van der Waals surface area contributed by atoms with Crippen molar-refractivity contribution < 1.29 is 9.66 Å². The summed E-state index contributed by atoms with van der Waals surface area (Å²) in [6.45, 7) is 4.39. The zero-order chi connectivity index (χ0) is 19.9. The number of benzene rings is 2. The van der Waals surface area contributed by atoms with Crippen LogP contribution >= 0.6 is 0 Å². The van der Waals surface area contributed by atoms with E-state index in [1.54, 1.807) is 6.07 Å². The van der Waals surface area contributed by atoms with E-state index in [1.807, 2.05) is 36.4 Å². The van der Waals surface area contributed by atoms with Crippen molar-refractivity contribution in [3.05, 3.63) is 80.5 Å². The van der Waals surface area contributed by atoms with Gasteiger partial charge in [0.05, 0.1) is 22.8 Å². The van der Waals surface area contributed by atoms with Gasteiger partial charge in [-0.3, -0.25) is 10.1 Å². The van der Waals surface area contributed by atoms with Crippen molar-refractivity contribution in [1.29, 1.82) is 5.26 Å². The lowest BCUT2D eigenvalue weighted by Crippen LogP contribution is -2.23. The molecule has 1 aliphatic rings. The van der Waals surface area contributed by atoms with E-state index in [1.165, 1.54) is 13.0 Å². The summed E-state index contributed by atoms with van der Waals surface area (Å²) in [6.07, 6.45) is 3.23. The second-order valence-electron chi connectivity index (χ2n) is 6.86. The SMILES string of the molecule is C/C(=C/c1cc(C#N)c2c(c1)CCN2CCCOCc1ccccc1)[N+](=O)[O-]. The van der Waals surface area contributed by atoms with Gasteiger partial charge in [-0.25, -0.2) is 0 Å². The number of ether oxygens (including phenoxy) is 1. The first-order valence-electron chi connectivity index (χ1n) is 9.35. The van der Waals surface area contributed by atoms with Crippen molar-refractivity contribution in [2.24, 2.45) is 0 Å². The molecule has 0 aromatic heterocycles. The van der Waals surface area contributed by atoms with Crippen LogP contribution in [0.4, 0.5) is 5.69 Å². The lowest BCUT2D eigenvalue weighted by atomic mass is 10.0. The molecule has 3 rings (SSSR count). The highest BCUT2D eigenvalue weighted by atomic mass is 16.6. The molecule has 0 unspecified atom stereocenters. The smallest absolute Gasteiger partial charge is 0.243 e. The summed E-state index contributed by atoms with van der Waals surface area (Å²) in [5.74, 6) is 0. The zero-order valence-corrected chi connectivity index (χ0v) is 15.9. The molecule has 6 nitrogen and oxygen atoms in total. The van der Waals surface area contributed by atoms with Crippen LogP contribution in [0.5, 0.6) is 0 Å². The van der Waals surface area contributed by atoms with E-state index in [4.69, 9.17) is 4.74 Å². The van der Waals surface area contributed by atoms with Crippen LogP contribution < -0.4 is 4.90 Å². The number of allylic oxidation sites excluding steroid dienone is 1. The van der Waals surface area contributed by atoms with Crippen molar-refractivity contribution in [3.63, 3.8) is 0 Å². The second-order valence-corrected chi connectivity index (χ2v) is 6.86. The van der Waals surface area contributed by atoms with E-state index < -0.39 is 4.92 Å². The topological polar surface area (TPSA) is 79.4 Å². The molecule has 1 aliphatic heterocycles. The summed E-state index contributed by atoms with van der Waals surface area (Å²) < 4.78 is 5.75. The standard InChI is InChI=1S/C22H23N3O3/c1-17(25(26)27)12-19-13-20-8-10-24(22(20)21(14-19)15-23)9-5-11-28-16-18-6-3-2-4-7-18/h2-4,6-7,12-14H,5,8-11,16H2,1H3/b17-12-. The molecule has 0 atom stereocenters. The molecular weight excluding hydrogens is 354 g/mol. The van der Waals surface area contributed by atoms with Gasteiger partial charge in [0, 0.05) is 32.7 Å². The Morgan fingerprint density at radius 2 is 2.14 bits per heavy atom. The lowest BCUT2D eigenvalue weighted by molar-refractivity contribution is -0.422. The number of anilines is 1. The van der Waals surface area contributed by atoms with Gasteiger partial charge in [-0.15, -0.1) is 0 Å². The van der Waals surface area contributed by atoms with Gasteiger partial charge in [0.1, 0.15) is 6.07 Å². The fourth-order valence-corrected chi connectivity index (χ4v) is 3.46. The molecule has 28 heavy (non-hydrogen) atoms. The minimum atomic E-state index is -0.416. The third-order valence-electron chi connectivity index (χ3n) is 4.79. The molecule has 144 valence electrons. The number of fused-ring (bicyclic) bond motifs is 1. The van der Waals surface area contributed by atoms with Gasteiger partial charge in [0.25, 0.3) is 0 Å². The highest BCUT2D eigenvalue weighted by molar-refractivity contribution is 5.71. The van der Waals surface area contributed by atoms with Crippen LogP contribution in [0.1, 0.15) is 35.6 Å². The van der Waals surface area contributed by atoms with Crippen LogP contribution in [-0.2, 0) is 17.8 Å². The predicted octanol–water partition coefficient (Wildman–Crippen LogP) is 4.17. The Kier molecular flexibility index (Phi) is 6.41. The van der Waals surface area contributed by atoms with Gasteiger partial charge in [-0.1, -0.05) is 30.3 Å². The molecule has 0 radical (unpaired) electrons. The highest BCUT2D eigenvalue weighted by Crippen LogP contribution is 2.33. The summed E-state index contributed by atoms with van der Waals surface area (Å²) >= 11 is 0. The maximum atomic E-state index is 10.9. The normalized spacial score (nSPS) is 13.3. The summed E-state index contributed by atoms with van der Waals surface area (Å²) in [5.41, 5.74) is 4.54. The Bertz CT molecular complexity index is 917. The third kappa shape index (κ3) is 4.76. The largest absolute Gasteiger partial charge is 0.377 e. The van der Waals surface area contributed by atoms with Crippen LogP contribution in [0.15, 0.2) is 48.2 Å². The summed E-state index contributed by atoms with van der Waals surface area (Å²) in [5, 5.41) is 20.4. The number of nitrogens with zero attached hydrogens (tertiary/aromatic N) is 3. The average Bonchev–Trinajstić information content (AvgIpc) is 3.10. The molecule has 2 aromatic rings. The fourth-order valence-electron chi connectivity index (χ4n) is 3.46. The number of rotatable bonds is 8. The van der Waals surface area contributed by atoms with E-state index in [0.29, 0.717) is 24.3 Å². The van der Waals surface area contributed by atoms with Crippen LogP contribution in [0.3, 0.4) is 0 Å². The van der Waals surface area contributed by atoms with Crippen molar-refractivity contribution in [3.8, 4) is 6.07 Å². The third-order valence-corrected chi connectivity index (χ3v) is 4.79. The lowest BCUT2D eigenvalue weighted by Gasteiger charge is -2.20. The number of nitriles is 1. The van der Waals surface area contributed by atoms with Crippen molar-refractivity contribution in [2.75, 3.05) is 24.6 Å². The second kappa shape index (κ2) is 9.16. The van der Waals surface area contributed by atoms with Gasteiger partial charge in [-0.05, 0) is 41.7 Å². The fraction of sp³-hybridized carbons (Fsp3) is 0.318. The van der Waals surface area contributed by atoms with E-state index in [2.05, 4.69) is 11.0 Å². The zero-order valence-electron chi connectivity index (χ0n) is 15.9. The van der Waals surface area contributed by atoms with Gasteiger partial charge in [0.15, 0.2) is 0 Å². The first-order chi connectivity index (χ1) is 13.6. The van der Waals surface area contributed by atoms with Crippen LogP contribution in [0.2, 0.25) is 0 Å². The summed E-state index contributed by atoms with van der Waals surface area (Å²) in [7, 11) is 0. The monoisotopic (exact) mass is 377 g/mol. The van der Waals surface area contributed by atoms with Gasteiger partial charge in [0.2, 0.25) is 5.70 Å². The summed E-state index contributed by atoms with van der Waals surface area (Å²) in [6, 6.07) is 16.0. The quantitative estimate of drug-likeness (QED) is 0.392. The Hall–Kier alpha value is -3.17. The van der Waals surface area contributed by atoms with E-state index in [9.17, 15) is 15.4 Å². The van der Waals surface area contributed by atoms with E-state index in [-0.39, 0.29) is 5.70 Å². The highest BCUT2D eigenvalue weighted by Gasteiger charge is 2.23. The van der Waals surface area contributed by atoms with Gasteiger partial charge >= 0.3 is 0 Å². The molecule has 0 saturated heterocycles. The Morgan fingerprint density at radius 3 is 2.86 bits per heavy atom. The summed E-state index contributed by atoms with van der Waals surface area (Å²) in [4.78, 5) is 12.7. The Labute approximate surface area is 164 Å². The molecule has 1 heterocycles. The predicted molar refractivity (Wildman–Crippen MR) is 108 cm³/mol. The number of hydrogen-bond donors (Lipinski definition) is 0. The minimum Gasteiger partial charge on any atom is -0.377 e. The van der Waals surface area contributed by atoms with E-state index >= 15 is 0 Å². The average molecular weight is 377 g/mol. The molecule has 0 bridgehead atoms. The molecule has 0 fully saturated rings. The molecule has 0 saturated carbocycles. The first kappa shape index (κ1) is 19.6. The van der Waals surface area contributed by atoms with Crippen molar-refractivity contribution in [2.45, 2.75) is 26.4 Å². The molecule has 0 spiro atoms. The maximum absolute atomic E-state index is 10.9. The molecule has 2 aromatic carbocycles. The van der Waals surface area contributed by atoms with Crippen LogP contribution in [0.25, 0.3) is 6.08 Å². The molecule has 0 aliphatic carbocycles. The molecule has 0 N–H and O–H groups in total. The number of nitro groups is 1. The first-order valence-corrected chi connectivity index (χ1v) is 9.35. The minimum absolute atomic E-state index is 0.0641. The van der Waals surface area contributed by atoms with Crippen LogP contribution in [0, 0.1) is 21.4 Å². The molecule has 6 heteroatoms. The molecule has 0 amide bonds. The Balaban J connectivity index is 1.61. The van der Waals surface area contributed by atoms with Gasteiger partial charge in [-0.2, -0.15) is 5.26 Å². The van der Waals surface area contributed by atoms with Crippen LogP contribution in [-0.4, -0.2) is 24.6 Å². The number of hydrogen-bond acceptors (Lipinski definition) is 5. The van der Waals surface area contributed by atoms with E-state index in [0.717, 1.165) is 42.7 Å². The molecular formula is C22H23N3O3. The Morgan fingerprint density at radius 1 is 1.36 bits per heavy atom. The van der Waals surface area contributed by atoms with Gasteiger partial charge < -0.3 is 9.64 Å².